The zero-order chi connectivity index (χ0) is 17.1. The summed E-state index contributed by atoms with van der Waals surface area (Å²) in [5, 5.41) is 0.792. The fraction of sp³-hybridized carbons (Fsp3) is 0.400. The summed E-state index contributed by atoms with van der Waals surface area (Å²) >= 11 is 5.97. The lowest BCUT2D eigenvalue weighted by Crippen LogP contribution is -2.29. The summed E-state index contributed by atoms with van der Waals surface area (Å²) in [6, 6.07) is 15.3. The van der Waals surface area contributed by atoms with Gasteiger partial charge in [-0.25, -0.2) is 0 Å². The second-order valence-corrected chi connectivity index (χ2v) is 7.31. The zero-order valence-electron chi connectivity index (χ0n) is 14.5. The SMILES string of the molecule is CN(C)Cc1ccc2c(c1)C(CN)N(CCc1ccc(Cl)cc1)C2. The molecule has 0 amide bonds. The monoisotopic (exact) mass is 343 g/mol. The molecular formula is C20H26ClN3. The maximum absolute atomic E-state index is 6.11. The van der Waals surface area contributed by atoms with Crippen molar-refractivity contribution in [1.29, 1.82) is 0 Å². The quantitative estimate of drug-likeness (QED) is 0.871. The number of nitrogens with two attached hydrogens (primary N) is 1. The van der Waals surface area contributed by atoms with E-state index in [1.54, 1.807) is 0 Å². The smallest absolute Gasteiger partial charge is 0.0477 e. The fourth-order valence-corrected chi connectivity index (χ4v) is 3.65. The molecule has 0 fully saturated rings. The largest absolute Gasteiger partial charge is 0.329 e. The third-order valence-corrected chi connectivity index (χ3v) is 4.96. The summed E-state index contributed by atoms with van der Waals surface area (Å²) in [5.41, 5.74) is 11.6. The van der Waals surface area contributed by atoms with Gasteiger partial charge in [-0.3, -0.25) is 4.90 Å². The highest BCUT2D eigenvalue weighted by atomic mass is 35.5. The van der Waals surface area contributed by atoms with Crippen molar-refractivity contribution in [3.8, 4) is 0 Å². The predicted molar refractivity (Wildman–Crippen MR) is 101 cm³/mol. The highest BCUT2D eigenvalue weighted by Gasteiger charge is 2.28. The topological polar surface area (TPSA) is 32.5 Å². The zero-order valence-corrected chi connectivity index (χ0v) is 15.3. The first-order valence-electron chi connectivity index (χ1n) is 8.52. The minimum absolute atomic E-state index is 0.328. The molecule has 3 rings (SSSR count). The summed E-state index contributed by atoms with van der Waals surface area (Å²) in [4.78, 5) is 4.70. The van der Waals surface area contributed by atoms with Gasteiger partial charge in [0.25, 0.3) is 0 Å². The van der Waals surface area contributed by atoms with E-state index in [1.165, 1.54) is 22.3 Å². The lowest BCUT2D eigenvalue weighted by Gasteiger charge is -2.24. The van der Waals surface area contributed by atoms with Crippen LogP contribution in [-0.4, -0.2) is 37.0 Å². The first-order chi connectivity index (χ1) is 11.6. The van der Waals surface area contributed by atoms with Gasteiger partial charge in [-0.1, -0.05) is 41.9 Å². The Kier molecular flexibility index (Phi) is 5.57. The molecule has 0 aliphatic carbocycles. The Bertz CT molecular complexity index is 682. The Morgan fingerprint density at radius 2 is 1.83 bits per heavy atom. The summed E-state index contributed by atoms with van der Waals surface area (Å²) < 4.78 is 0. The van der Waals surface area contributed by atoms with E-state index in [9.17, 15) is 0 Å². The van der Waals surface area contributed by atoms with Gasteiger partial charge in [0.1, 0.15) is 0 Å². The van der Waals surface area contributed by atoms with Gasteiger partial charge in [-0.05, 0) is 54.9 Å². The van der Waals surface area contributed by atoms with E-state index in [2.05, 4.69) is 54.2 Å². The molecule has 1 atom stereocenters. The molecule has 24 heavy (non-hydrogen) atoms. The average molecular weight is 344 g/mol. The number of hydrogen-bond donors (Lipinski definition) is 1. The van der Waals surface area contributed by atoms with Crippen molar-refractivity contribution in [2.75, 3.05) is 27.2 Å². The van der Waals surface area contributed by atoms with Crippen LogP contribution in [0.2, 0.25) is 5.02 Å². The first kappa shape index (κ1) is 17.4. The third-order valence-electron chi connectivity index (χ3n) is 4.71. The molecule has 0 spiro atoms. The molecule has 2 aromatic rings. The second kappa shape index (κ2) is 7.66. The molecule has 0 bridgehead atoms. The standard InChI is InChI=1S/C20H26ClN3/c1-23(2)13-16-3-6-17-14-24(20(12-22)19(17)11-16)10-9-15-4-7-18(21)8-5-15/h3-8,11,20H,9-10,12-14,22H2,1-2H3. The number of halogens is 1. The molecule has 1 aliphatic rings. The van der Waals surface area contributed by atoms with Crippen LogP contribution in [-0.2, 0) is 19.5 Å². The van der Waals surface area contributed by atoms with E-state index >= 15 is 0 Å². The normalized spacial score (nSPS) is 17.5. The molecule has 2 aromatic carbocycles. The van der Waals surface area contributed by atoms with Crippen molar-refractivity contribution in [1.82, 2.24) is 9.80 Å². The molecular weight excluding hydrogens is 318 g/mol. The van der Waals surface area contributed by atoms with Crippen molar-refractivity contribution in [3.05, 3.63) is 69.7 Å². The molecule has 0 aromatic heterocycles. The Morgan fingerprint density at radius 1 is 1.12 bits per heavy atom. The van der Waals surface area contributed by atoms with Gasteiger partial charge < -0.3 is 10.6 Å². The van der Waals surface area contributed by atoms with Gasteiger partial charge in [0.05, 0.1) is 0 Å². The van der Waals surface area contributed by atoms with Crippen LogP contribution in [0, 0.1) is 0 Å². The number of nitrogens with zero attached hydrogens (tertiary/aromatic N) is 2. The van der Waals surface area contributed by atoms with Gasteiger partial charge >= 0.3 is 0 Å². The van der Waals surface area contributed by atoms with Crippen LogP contribution in [0.15, 0.2) is 42.5 Å². The van der Waals surface area contributed by atoms with Gasteiger partial charge in [0.2, 0.25) is 0 Å². The highest BCUT2D eigenvalue weighted by molar-refractivity contribution is 6.30. The summed E-state index contributed by atoms with van der Waals surface area (Å²) in [6.45, 7) is 3.64. The van der Waals surface area contributed by atoms with Gasteiger partial charge in [-0.2, -0.15) is 0 Å². The minimum Gasteiger partial charge on any atom is -0.329 e. The lowest BCUT2D eigenvalue weighted by molar-refractivity contribution is 0.223. The van der Waals surface area contributed by atoms with Crippen LogP contribution in [0.4, 0.5) is 0 Å². The van der Waals surface area contributed by atoms with Crippen LogP contribution in [0.5, 0.6) is 0 Å². The van der Waals surface area contributed by atoms with Gasteiger partial charge in [-0.15, -0.1) is 0 Å². The Labute approximate surface area is 150 Å². The molecule has 1 unspecified atom stereocenters. The van der Waals surface area contributed by atoms with E-state index in [0.29, 0.717) is 12.6 Å². The number of hydrogen-bond acceptors (Lipinski definition) is 3. The van der Waals surface area contributed by atoms with Crippen molar-refractivity contribution in [2.45, 2.75) is 25.6 Å². The van der Waals surface area contributed by atoms with Crippen LogP contribution in [0.3, 0.4) is 0 Å². The van der Waals surface area contributed by atoms with Crippen LogP contribution in [0.25, 0.3) is 0 Å². The van der Waals surface area contributed by atoms with E-state index < -0.39 is 0 Å². The Morgan fingerprint density at radius 3 is 2.50 bits per heavy atom. The molecule has 4 heteroatoms. The molecule has 0 saturated carbocycles. The molecule has 3 nitrogen and oxygen atoms in total. The van der Waals surface area contributed by atoms with Gasteiger partial charge in [0.15, 0.2) is 0 Å². The summed E-state index contributed by atoms with van der Waals surface area (Å²) in [5.74, 6) is 0. The van der Waals surface area contributed by atoms with E-state index in [-0.39, 0.29) is 0 Å². The van der Waals surface area contributed by atoms with E-state index in [0.717, 1.165) is 31.1 Å². The van der Waals surface area contributed by atoms with Crippen molar-refractivity contribution in [2.24, 2.45) is 5.73 Å². The van der Waals surface area contributed by atoms with Crippen LogP contribution in [0.1, 0.15) is 28.3 Å². The fourth-order valence-electron chi connectivity index (χ4n) is 3.52. The lowest BCUT2D eigenvalue weighted by atomic mass is 10.0. The van der Waals surface area contributed by atoms with E-state index in [1.807, 2.05) is 12.1 Å². The van der Waals surface area contributed by atoms with Crippen LogP contribution < -0.4 is 5.73 Å². The molecule has 0 saturated heterocycles. The van der Waals surface area contributed by atoms with Crippen molar-refractivity contribution >= 4 is 11.6 Å². The molecule has 1 heterocycles. The Hall–Kier alpha value is -1.39. The second-order valence-electron chi connectivity index (χ2n) is 6.87. The maximum Gasteiger partial charge on any atom is 0.0477 e. The highest BCUT2D eigenvalue weighted by Crippen LogP contribution is 2.34. The number of rotatable bonds is 6. The first-order valence-corrected chi connectivity index (χ1v) is 8.89. The summed E-state index contributed by atoms with van der Waals surface area (Å²) in [6.07, 6.45) is 1.02. The maximum atomic E-state index is 6.11. The average Bonchev–Trinajstić information content (AvgIpc) is 2.90. The van der Waals surface area contributed by atoms with Crippen molar-refractivity contribution in [3.63, 3.8) is 0 Å². The molecule has 0 radical (unpaired) electrons. The van der Waals surface area contributed by atoms with Crippen LogP contribution >= 0.6 is 11.6 Å². The Balaban J connectivity index is 1.70. The predicted octanol–water partition coefficient (Wildman–Crippen LogP) is 3.46. The third kappa shape index (κ3) is 3.98. The van der Waals surface area contributed by atoms with E-state index in [4.69, 9.17) is 17.3 Å². The minimum atomic E-state index is 0.328. The molecule has 128 valence electrons. The summed E-state index contributed by atoms with van der Waals surface area (Å²) in [7, 11) is 4.21. The molecule has 2 N–H and O–H groups in total. The van der Waals surface area contributed by atoms with Gasteiger partial charge in [0, 0.05) is 37.2 Å². The number of benzene rings is 2. The number of fused-ring (bicyclic) bond motifs is 1. The molecule has 1 aliphatic heterocycles. The van der Waals surface area contributed by atoms with Crippen molar-refractivity contribution < 1.29 is 0 Å².